The van der Waals surface area contributed by atoms with Gasteiger partial charge in [0.2, 0.25) is 5.91 Å². The highest BCUT2D eigenvalue weighted by Gasteiger charge is 2.25. The first kappa shape index (κ1) is 16.4. The summed E-state index contributed by atoms with van der Waals surface area (Å²) in [6.45, 7) is 6.60. The minimum Gasteiger partial charge on any atom is -0.378 e. The summed E-state index contributed by atoms with van der Waals surface area (Å²) in [7, 11) is 0. The minimum absolute atomic E-state index is 0.286. The van der Waals surface area contributed by atoms with Gasteiger partial charge in [0.05, 0.1) is 6.10 Å². The van der Waals surface area contributed by atoms with E-state index >= 15 is 0 Å². The summed E-state index contributed by atoms with van der Waals surface area (Å²) in [4.78, 5) is 21.0. The predicted molar refractivity (Wildman–Crippen MR) is 89.0 cm³/mol. The summed E-state index contributed by atoms with van der Waals surface area (Å²) >= 11 is 0. The van der Waals surface area contributed by atoms with Crippen LogP contribution < -0.4 is 0 Å². The van der Waals surface area contributed by atoms with E-state index in [0.717, 1.165) is 52.0 Å². The maximum Gasteiger partial charge on any atom is 0.222 e. The molecule has 2 atom stereocenters. The predicted octanol–water partition coefficient (Wildman–Crippen LogP) is 2.25. The molecule has 2 saturated heterocycles. The van der Waals surface area contributed by atoms with Gasteiger partial charge < -0.3 is 9.64 Å². The molecule has 0 aromatic carbocycles. The second-order valence-electron chi connectivity index (χ2n) is 6.55. The first-order valence-corrected chi connectivity index (χ1v) is 8.77. The zero-order valence-electron chi connectivity index (χ0n) is 14.0. The Hall–Kier alpha value is -1.46. The lowest BCUT2D eigenvalue weighted by Gasteiger charge is -2.38. The molecule has 3 rings (SSSR count). The maximum absolute atomic E-state index is 12.3. The van der Waals surface area contributed by atoms with E-state index in [1.165, 1.54) is 5.56 Å². The molecule has 0 radical (unpaired) electrons. The molecular formula is C18H27N3O2. The van der Waals surface area contributed by atoms with Gasteiger partial charge in [-0.05, 0) is 37.8 Å². The zero-order valence-corrected chi connectivity index (χ0v) is 14.0. The molecule has 0 bridgehead atoms. The Morgan fingerprint density at radius 3 is 2.87 bits per heavy atom. The molecule has 126 valence electrons. The Morgan fingerprint density at radius 2 is 2.22 bits per heavy atom. The first-order chi connectivity index (χ1) is 11.2. The lowest BCUT2D eigenvalue weighted by atomic mass is 10.1. The Bertz CT molecular complexity index is 494. The van der Waals surface area contributed by atoms with Gasteiger partial charge in [0.25, 0.3) is 0 Å². The van der Waals surface area contributed by atoms with Crippen LogP contribution in [0.4, 0.5) is 0 Å². The molecule has 5 heteroatoms. The highest BCUT2D eigenvalue weighted by atomic mass is 16.5. The van der Waals surface area contributed by atoms with Gasteiger partial charge in [0, 0.05) is 57.6 Å². The van der Waals surface area contributed by atoms with Crippen LogP contribution in [0.25, 0.3) is 0 Å². The number of hydrogen-bond acceptors (Lipinski definition) is 4. The number of nitrogens with zero attached hydrogens (tertiary/aromatic N) is 3. The third kappa shape index (κ3) is 4.30. The van der Waals surface area contributed by atoms with E-state index in [-0.39, 0.29) is 5.91 Å². The lowest BCUT2D eigenvalue weighted by molar-refractivity contribution is -0.133. The minimum atomic E-state index is 0.286. The van der Waals surface area contributed by atoms with Crippen LogP contribution in [0.2, 0.25) is 0 Å². The van der Waals surface area contributed by atoms with Crippen molar-refractivity contribution in [3.05, 3.63) is 30.1 Å². The molecule has 2 fully saturated rings. The third-order valence-corrected chi connectivity index (χ3v) is 5.09. The lowest BCUT2D eigenvalue weighted by Crippen LogP contribution is -2.49. The smallest absolute Gasteiger partial charge is 0.222 e. The Morgan fingerprint density at radius 1 is 1.39 bits per heavy atom. The number of carbonyl (C=O) groups is 1. The van der Waals surface area contributed by atoms with Crippen molar-refractivity contribution in [1.29, 1.82) is 0 Å². The number of pyridine rings is 1. The van der Waals surface area contributed by atoms with Crippen LogP contribution in [0.5, 0.6) is 0 Å². The first-order valence-electron chi connectivity index (χ1n) is 8.77. The standard InChI is InChI=1S/C18H27N3O2/c1-15(16-4-2-8-19-14-16)20-9-11-21(12-10-20)18(22)7-6-17-5-3-13-23-17/h2,4,8,14-15,17H,3,5-7,9-13H2,1H3/t15-,17+/m0/s1. The van der Waals surface area contributed by atoms with Crippen molar-refractivity contribution in [3.63, 3.8) is 0 Å². The van der Waals surface area contributed by atoms with Crippen LogP contribution in [0, 0.1) is 0 Å². The third-order valence-electron chi connectivity index (χ3n) is 5.09. The number of piperazine rings is 1. The topological polar surface area (TPSA) is 45.7 Å². The molecule has 0 saturated carbocycles. The molecular weight excluding hydrogens is 290 g/mol. The number of aromatic nitrogens is 1. The van der Waals surface area contributed by atoms with Crippen molar-refractivity contribution >= 4 is 5.91 Å². The average Bonchev–Trinajstić information content (AvgIpc) is 3.13. The molecule has 0 aliphatic carbocycles. The molecule has 1 aromatic heterocycles. The molecule has 2 aliphatic rings. The second kappa shape index (κ2) is 7.88. The van der Waals surface area contributed by atoms with E-state index in [0.29, 0.717) is 18.6 Å². The van der Waals surface area contributed by atoms with Crippen molar-refractivity contribution in [2.24, 2.45) is 0 Å². The van der Waals surface area contributed by atoms with Crippen LogP contribution >= 0.6 is 0 Å². The highest BCUT2D eigenvalue weighted by Crippen LogP contribution is 2.22. The molecule has 0 unspecified atom stereocenters. The summed E-state index contributed by atoms with van der Waals surface area (Å²) in [6.07, 6.45) is 7.82. The molecule has 5 nitrogen and oxygen atoms in total. The SMILES string of the molecule is C[C@@H](c1cccnc1)N1CCN(C(=O)CC[C@H]2CCCO2)CC1. The van der Waals surface area contributed by atoms with Crippen molar-refractivity contribution in [2.45, 2.75) is 44.8 Å². The molecule has 0 spiro atoms. The fraction of sp³-hybridized carbons (Fsp3) is 0.667. The highest BCUT2D eigenvalue weighted by molar-refractivity contribution is 5.76. The van der Waals surface area contributed by atoms with Crippen LogP contribution in [0.1, 0.15) is 44.2 Å². The summed E-state index contributed by atoms with van der Waals surface area (Å²) in [5.74, 6) is 0.286. The molecule has 23 heavy (non-hydrogen) atoms. The van der Waals surface area contributed by atoms with Crippen LogP contribution in [0.3, 0.4) is 0 Å². The molecule has 2 aliphatic heterocycles. The van der Waals surface area contributed by atoms with Gasteiger partial charge in [-0.25, -0.2) is 0 Å². The van der Waals surface area contributed by atoms with Crippen molar-refractivity contribution in [1.82, 2.24) is 14.8 Å². The van der Waals surface area contributed by atoms with Crippen LogP contribution in [-0.4, -0.2) is 59.6 Å². The average molecular weight is 317 g/mol. The fourth-order valence-corrected chi connectivity index (χ4v) is 3.51. The largest absolute Gasteiger partial charge is 0.378 e. The van der Waals surface area contributed by atoms with Gasteiger partial charge >= 0.3 is 0 Å². The van der Waals surface area contributed by atoms with Gasteiger partial charge in [0.15, 0.2) is 0 Å². The molecule has 1 amide bonds. The van der Waals surface area contributed by atoms with Crippen LogP contribution in [-0.2, 0) is 9.53 Å². The van der Waals surface area contributed by atoms with E-state index in [2.05, 4.69) is 22.9 Å². The second-order valence-corrected chi connectivity index (χ2v) is 6.55. The van der Waals surface area contributed by atoms with Gasteiger partial charge in [-0.3, -0.25) is 14.7 Å². The summed E-state index contributed by atoms with van der Waals surface area (Å²) < 4.78 is 5.60. The zero-order chi connectivity index (χ0) is 16.1. The Balaban J connectivity index is 1.43. The monoisotopic (exact) mass is 317 g/mol. The van der Waals surface area contributed by atoms with Crippen LogP contribution in [0.15, 0.2) is 24.5 Å². The molecule has 3 heterocycles. The number of carbonyl (C=O) groups excluding carboxylic acids is 1. The van der Waals surface area contributed by atoms with Crippen molar-refractivity contribution < 1.29 is 9.53 Å². The van der Waals surface area contributed by atoms with E-state index in [4.69, 9.17) is 4.74 Å². The number of rotatable bonds is 5. The molecule has 1 aromatic rings. The van der Waals surface area contributed by atoms with Crippen molar-refractivity contribution in [3.8, 4) is 0 Å². The fourth-order valence-electron chi connectivity index (χ4n) is 3.51. The number of hydrogen-bond donors (Lipinski definition) is 0. The molecule has 0 N–H and O–H groups in total. The number of ether oxygens (including phenoxy) is 1. The van der Waals surface area contributed by atoms with E-state index < -0.39 is 0 Å². The van der Waals surface area contributed by atoms with E-state index in [9.17, 15) is 4.79 Å². The summed E-state index contributed by atoms with van der Waals surface area (Å²) in [5.41, 5.74) is 1.24. The summed E-state index contributed by atoms with van der Waals surface area (Å²) in [6, 6.07) is 4.46. The quantitative estimate of drug-likeness (QED) is 0.835. The van der Waals surface area contributed by atoms with Gasteiger partial charge in [-0.1, -0.05) is 6.07 Å². The number of amides is 1. The maximum atomic E-state index is 12.3. The van der Waals surface area contributed by atoms with E-state index in [1.54, 1.807) is 6.20 Å². The van der Waals surface area contributed by atoms with Gasteiger partial charge in [0.1, 0.15) is 0 Å². The Kier molecular flexibility index (Phi) is 5.62. The normalized spacial score (nSPS) is 23.9. The van der Waals surface area contributed by atoms with Gasteiger partial charge in [-0.2, -0.15) is 0 Å². The van der Waals surface area contributed by atoms with Crippen molar-refractivity contribution in [2.75, 3.05) is 32.8 Å². The van der Waals surface area contributed by atoms with E-state index in [1.807, 2.05) is 17.2 Å². The summed E-state index contributed by atoms with van der Waals surface area (Å²) in [5, 5.41) is 0. The Labute approximate surface area is 138 Å². The van der Waals surface area contributed by atoms with Gasteiger partial charge in [-0.15, -0.1) is 0 Å².